The van der Waals surface area contributed by atoms with Crippen LogP contribution in [0.5, 0.6) is 0 Å². The van der Waals surface area contributed by atoms with Gasteiger partial charge in [-0.15, -0.1) is 0 Å². The van der Waals surface area contributed by atoms with Crippen molar-refractivity contribution in [3.63, 3.8) is 0 Å². The molecule has 0 saturated heterocycles. The van der Waals surface area contributed by atoms with Gasteiger partial charge in [0, 0.05) is 13.1 Å². The van der Waals surface area contributed by atoms with Crippen molar-refractivity contribution >= 4 is 16.1 Å². The molecule has 124 valence electrons. The van der Waals surface area contributed by atoms with Crippen LogP contribution in [0, 0.1) is 11.6 Å². The van der Waals surface area contributed by atoms with Gasteiger partial charge >= 0.3 is 6.03 Å². The van der Waals surface area contributed by atoms with E-state index in [2.05, 4.69) is 15.4 Å². The first-order chi connectivity index (χ1) is 10.2. The minimum absolute atomic E-state index is 0.220. The summed E-state index contributed by atoms with van der Waals surface area (Å²) in [4.78, 5) is 11.6. The SMILES string of the molecule is CC(NC(=O)NCCCNS(C)(=O)=O)c1ccc(F)c(F)c1. The Balaban J connectivity index is 2.33. The molecule has 0 fully saturated rings. The lowest BCUT2D eigenvalue weighted by atomic mass is 10.1. The molecule has 1 aromatic carbocycles. The second-order valence-electron chi connectivity index (χ2n) is 4.82. The van der Waals surface area contributed by atoms with Gasteiger partial charge in [0.15, 0.2) is 11.6 Å². The predicted octanol–water partition coefficient (Wildman–Crippen LogP) is 1.26. The van der Waals surface area contributed by atoms with Crippen molar-refractivity contribution in [2.75, 3.05) is 19.3 Å². The number of sulfonamides is 1. The summed E-state index contributed by atoms with van der Waals surface area (Å²) >= 11 is 0. The molecule has 0 aliphatic rings. The lowest BCUT2D eigenvalue weighted by Gasteiger charge is -2.15. The van der Waals surface area contributed by atoms with E-state index in [-0.39, 0.29) is 13.1 Å². The van der Waals surface area contributed by atoms with Crippen LogP contribution in [0.15, 0.2) is 18.2 Å². The number of halogens is 2. The van der Waals surface area contributed by atoms with Gasteiger partial charge in [-0.05, 0) is 31.0 Å². The number of urea groups is 1. The Hall–Kier alpha value is -1.74. The summed E-state index contributed by atoms with van der Waals surface area (Å²) < 4.78 is 49.9. The fourth-order valence-corrected chi connectivity index (χ4v) is 2.18. The molecule has 0 bridgehead atoms. The zero-order valence-corrected chi connectivity index (χ0v) is 13.1. The minimum Gasteiger partial charge on any atom is -0.338 e. The first-order valence-electron chi connectivity index (χ1n) is 6.63. The van der Waals surface area contributed by atoms with Crippen LogP contribution in [-0.2, 0) is 10.0 Å². The molecule has 0 saturated carbocycles. The van der Waals surface area contributed by atoms with Gasteiger partial charge in [0.05, 0.1) is 12.3 Å². The Morgan fingerprint density at radius 2 is 1.91 bits per heavy atom. The topological polar surface area (TPSA) is 87.3 Å². The maximum atomic E-state index is 13.1. The van der Waals surface area contributed by atoms with Gasteiger partial charge in [-0.1, -0.05) is 6.07 Å². The quantitative estimate of drug-likeness (QED) is 0.656. The molecule has 1 rings (SSSR count). The standard InChI is InChI=1S/C13H19F2N3O3S/c1-9(10-4-5-11(14)12(15)8-10)18-13(19)16-6-3-7-17-22(2,20)21/h4-5,8-9,17H,3,6-7H2,1-2H3,(H2,16,18,19). The molecule has 1 atom stereocenters. The molecule has 0 aliphatic heterocycles. The van der Waals surface area contributed by atoms with Crippen molar-refractivity contribution in [3.05, 3.63) is 35.4 Å². The van der Waals surface area contributed by atoms with Gasteiger partial charge in [0.2, 0.25) is 10.0 Å². The molecular formula is C13H19F2N3O3S. The molecule has 1 aromatic rings. The summed E-state index contributed by atoms with van der Waals surface area (Å²) in [5, 5.41) is 5.12. The Morgan fingerprint density at radius 3 is 2.50 bits per heavy atom. The molecule has 0 aliphatic carbocycles. The third-order valence-electron chi connectivity index (χ3n) is 2.79. The molecule has 6 nitrogen and oxygen atoms in total. The average molecular weight is 335 g/mol. The molecule has 3 N–H and O–H groups in total. The number of rotatable bonds is 7. The van der Waals surface area contributed by atoms with Crippen LogP contribution in [0.3, 0.4) is 0 Å². The molecule has 1 unspecified atom stereocenters. The first-order valence-corrected chi connectivity index (χ1v) is 8.52. The van der Waals surface area contributed by atoms with Gasteiger partial charge in [0.25, 0.3) is 0 Å². The highest BCUT2D eigenvalue weighted by Gasteiger charge is 2.11. The highest BCUT2D eigenvalue weighted by molar-refractivity contribution is 7.88. The molecule has 0 heterocycles. The van der Waals surface area contributed by atoms with Gasteiger partial charge in [0.1, 0.15) is 0 Å². The van der Waals surface area contributed by atoms with Crippen molar-refractivity contribution in [1.29, 1.82) is 0 Å². The van der Waals surface area contributed by atoms with Crippen molar-refractivity contribution in [2.24, 2.45) is 0 Å². The van der Waals surface area contributed by atoms with E-state index in [1.807, 2.05) is 0 Å². The second kappa shape index (κ2) is 8.04. The fourth-order valence-electron chi connectivity index (χ4n) is 1.66. The van der Waals surface area contributed by atoms with E-state index >= 15 is 0 Å². The normalized spacial score (nSPS) is 12.7. The predicted molar refractivity (Wildman–Crippen MR) is 78.8 cm³/mol. The van der Waals surface area contributed by atoms with Crippen molar-refractivity contribution in [1.82, 2.24) is 15.4 Å². The molecule has 2 amide bonds. The first kappa shape index (κ1) is 18.3. The molecule has 22 heavy (non-hydrogen) atoms. The van der Waals surface area contributed by atoms with Crippen LogP contribution in [0.25, 0.3) is 0 Å². The second-order valence-corrected chi connectivity index (χ2v) is 6.65. The third kappa shape index (κ3) is 6.81. The Labute approximate surface area is 128 Å². The van der Waals surface area contributed by atoms with Crippen molar-refractivity contribution in [3.8, 4) is 0 Å². The minimum atomic E-state index is -3.23. The summed E-state index contributed by atoms with van der Waals surface area (Å²) in [6.45, 7) is 2.13. The number of benzene rings is 1. The van der Waals surface area contributed by atoms with E-state index in [1.54, 1.807) is 6.92 Å². The average Bonchev–Trinajstić information content (AvgIpc) is 2.40. The highest BCUT2D eigenvalue weighted by atomic mass is 32.2. The molecule has 0 radical (unpaired) electrons. The largest absolute Gasteiger partial charge is 0.338 e. The molecule has 9 heteroatoms. The fraction of sp³-hybridized carbons (Fsp3) is 0.462. The van der Waals surface area contributed by atoms with Crippen LogP contribution in [-0.4, -0.2) is 33.8 Å². The van der Waals surface area contributed by atoms with Gasteiger partial charge in [-0.2, -0.15) is 0 Å². The number of amides is 2. The van der Waals surface area contributed by atoms with Gasteiger partial charge in [-0.25, -0.2) is 26.7 Å². The molecular weight excluding hydrogens is 316 g/mol. The number of hydrogen-bond acceptors (Lipinski definition) is 3. The lowest BCUT2D eigenvalue weighted by molar-refractivity contribution is 0.238. The number of nitrogens with one attached hydrogen (secondary N) is 3. The van der Waals surface area contributed by atoms with Crippen LogP contribution in [0.1, 0.15) is 24.9 Å². The van der Waals surface area contributed by atoms with Crippen LogP contribution in [0.2, 0.25) is 0 Å². The van der Waals surface area contributed by atoms with Crippen molar-refractivity contribution < 1.29 is 22.0 Å². The zero-order chi connectivity index (χ0) is 16.8. The van der Waals surface area contributed by atoms with Crippen LogP contribution < -0.4 is 15.4 Å². The molecule has 0 aromatic heterocycles. The van der Waals surface area contributed by atoms with Crippen molar-refractivity contribution in [2.45, 2.75) is 19.4 Å². The van der Waals surface area contributed by atoms with E-state index < -0.39 is 33.7 Å². The van der Waals surface area contributed by atoms with Crippen LogP contribution in [0.4, 0.5) is 13.6 Å². The number of carbonyl (C=O) groups is 1. The van der Waals surface area contributed by atoms with E-state index in [9.17, 15) is 22.0 Å². The van der Waals surface area contributed by atoms with Crippen LogP contribution >= 0.6 is 0 Å². The van der Waals surface area contributed by atoms with Gasteiger partial charge < -0.3 is 10.6 Å². The number of carbonyl (C=O) groups excluding carboxylic acids is 1. The number of hydrogen-bond donors (Lipinski definition) is 3. The van der Waals surface area contributed by atoms with Gasteiger partial charge in [-0.3, -0.25) is 0 Å². The summed E-state index contributed by atoms with van der Waals surface area (Å²) in [7, 11) is -3.23. The van der Waals surface area contributed by atoms with E-state index in [1.165, 1.54) is 6.07 Å². The van der Waals surface area contributed by atoms with E-state index in [4.69, 9.17) is 0 Å². The third-order valence-corrected chi connectivity index (χ3v) is 3.52. The Kier molecular flexibility index (Phi) is 6.69. The smallest absolute Gasteiger partial charge is 0.315 e. The summed E-state index contributed by atoms with van der Waals surface area (Å²) in [6.07, 6.45) is 1.48. The Morgan fingerprint density at radius 1 is 1.23 bits per heavy atom. The maximum absolute atomic E-state index is 13.1. The Bertz CT molecular complexity index is 623. The monoisotopic (exact) mass is 335 g/mol. The lowest BCUT2D eigenvalue weighted by Crippen LogP contribution is -2.38. The van der Waals surface area contributed by atoms with E-state index in [0.717, 1.165) is 18.4 Å². The molecule has 0 spiro atoms. The van der Waals surface area contributed by atoms with E-state index in [0.29, 0.717) is 12.0 Å². The maximum Gasteiger partial charge on any atom is 0.315 e. The zero-order valence-electron chi connectivity index (χ0n) is 12.3. The highest BCUT2D eigenvalue weighted by Crippen LogP contribution is 2.15. The summed E-state index contributed by atoms with van der Waals surface area (Å²) in [5.74, 6) is -1.92. The summed E-state index contributed by atoms with van der Waals surface area (Å²) in [6, 6.07) is 2.44. The summed E-state index contributed by atoms with van der Waals surface area (Å²) in [5.41, 5.74) is 0.438.